The maximum atomic E-state index is 12.4. The molecule has 0 saturated heterocycles. The van der Waals surface area contributed by atoms with E-state index in [1.807, 2.05) is 6.07 Å². The average molecular weight is 406 g/mol. The molecule has 0 spiro atoms. The van der Waals surface area contributed by atoms with Gasteiger partial charge in [0.2, 0.25) is 5.91 Å². The van der Waals surface area contributed by atoms with Crippen LogP contribution in [0.15, 0.2) is 52.1 Å². The van der Waals surface area contributed by atoms with Crippen molar-refractivity contribution in [1.29, 1.82) is 0 Å². The summed E-state index contributed by atoms with van der Waals surface area (Å²) < 4.78 is 1.16. The van der Waals surface area contributed by atoms with Gasteiger partial charge in [0.25, 0.3) is 11.1 Å². The summed E-state index contributed by atoms with van der Waals surface area (Å²) in [5.41, 5.74) is 0.157. The van der Waals surface area contributed by atoms with Crippen LogP contribution in [0.25, 0.3) is 10.8 Å². The van der Waals surface area contributed by atoms with E-state index >= 15 is 0 Å². The number of H-pyrrole nitrogens is 1. The van der Waals surface area contributed by atoms with Crippen LogP contribution in [0.3, 0.4) is 0 Å². The maximum absolute atomic E-state index is 12.4. The van der Waals surface area contributed by atoms with Gasteiger partial charge in [-0.1, -0.05) is 47.5 Å². The van der Waals surface area contributed by atoms with Gasteiger partial charge in [0.1, 0.15) is 0 Å². The summed E-state index contributed by atoms with van der Waals surface area (Å²) in [5.74, 6) is -0.228. The Morgan fingerprint density at radius 2 is 1.78 bits per heavy atom. The SMILES string of the molecule is O=C(CCn1[nH]c(=O)c2ccccc2c1=O)NCCc1cccc(Cl)c1Cl. The van der Waals surface area contributed by atoms with Gasteiger partial charge in [0.05, 0.1) is 27.4 Å². The zero-order valence-electron chi connectivity index (χ0n) is 14.3. The van der Waals surface area contributed by atoms with Crippen molar-refractivity contribution in [2.24, 2.45) is 0 Å². The molecular formula is C19H17Cl2N3O3. The number of hydrogen-bond acceptors (Lipinski definition) is 3. The van der Waals surface area contributed by atoms with Crippen LogP contribution in [0.1, 0.15) is 12.0 Å². The Morgan fingerprint density at radius 1 is 1.04 bits per heavy atom. The molecule has 0 saturated carbocycles. The van der Waals surface area contributed by atoms with Crippen LogP contribution in [-0.4, -0.2) is 22.2 Å². The molecule has 2 aromatic carbocycles. The highest BCUT2D eigenvalue weighted by Crippen LogP contribution is 2.25. The van der Waals surface area contributed by atoms with Gasteiger partial charge in [-0.05, 0) is 30.2 Å². The Labute approximate surface area is 164 Å². The smallest absolute Gasteiger partial charge is 0.273 e. The van der Waals surface area contributed by atoms with Gasteiger partial charge in [0, 0.05) is 13.0 Å². The number of carbonyl (C=O) groups is 1. The van der Waals surface area contributed by atoms with Crippen molar-refractivity contribution in [2.75, 3.05) is 6.54 Å². The molecule has 27 heavy (non-hydrogen) atoms. The van der Waals surface area contributed by atoms with Crippen LogP contribution in [0.2, 0.25) is 10.0 Å². The number of hydrogen-bond donors (Lipinski definition) is 2. The summed E-state index contributed by atoms with van der Waals surface area (Å²) >= 11 is 12.1. The Morgan fingerprint density at radius 3 is 2.56 bits per heavy atom. The lowest BCUT2D eigenvalue weighted by atomic mass is 10.1. The molecule has 8 heteroatoms. The minimum atomic E-state index is -0.360. The van der Waals surface area contributed by atoms with Crippen LogP contribution < -0.4 is 16.4 Å². The molecule has 1 amide bonds. The van der Waals surface area contributed by atoms with Gasteiger partial charge in [-0.3, -0.25) is 19.5 Å². The number of aromatic nitrogens is 2. The van der Waals surface area contributed by atoms with E-state index in [2.05, 4.69) is 10.4 Å². The Balaban J connectivity index is 1.59. The monoisotopic (exact) mass is 405 g/mol. The minimum Gasteiger partial charge on any atom is -0.356 e. The molecule has 0 aliphatic heterocycles. The predicted octanol–water partition coefficient (Wildman–Crippen LogP) is 2.75. The molecule has 0 fully saturated rings. The number of benzene rings is 2. The maximum Gasteiger partial charge on any atom is 0.273 e. The molecule has 0 aliphatic carbocycles. The summed E-state index contributed by atoms with van der Waals surface area (Å²) in [6.45, 7) is 0.477. The molecule has 3 rings (SSSR count). The van der Waals surface area contributed by atoms with Gasteiger partial charge >= 0.3 is 0 Å². The van der Waals surface area contributed by atoms with E-state index in [9.17, 15) is 14.4 Å². The average Bonchev–Trinajstić information content (AvgIpc) is 2.67. The molecule has 1 heterocycles. The molecular weight excluding hydrogens is 389 g/mol. The highest BCUT2D eigenvalue weighted by molar-refractivity contribution is 6.42. The number of aryl methyl sites for hydroxylation is 1. The molecule has 2 N–H and O–H groups in total. The molecule has 6 nitrogen and oxygen atoms in total. The van der Waals surface area contributed by atoms with Gasteiger partial charge in [-0.15, -0.1) is 0 Å². The fourth-order valence-electron chi connectivity index (χ4n) is 2.78. The summed E-state index contributed by atoms with van der Waals surface area (Å²) in [6.07, 6.45) is 0.607. The lowest BCUT2D eigenvalue weighted by Gasteiger charge is -2.09. The largest absolute Gasteiger partial charge is 0.356 e. The van der Waals surface area contributed by atoms with Gasteiger partial charge in [0.15, 0.2) is 0 Å². The number of amides is 1. The molecule has 0 atom stereocenters. The molecule has 0 radical (unpaired) electrons. The van der Waals surface area contributed by atoms with Crippen LogP contribution in [-0.2, 0) is 17.8 Å². The van der Waals surface area contributed by atoms with Gasteiger partial charge in [-0.25, -0.2) is 4.68 Å². The van der Waals surface area contributed by atoms with E-state index < -0.39 is 0 Å². The first kappa shape index (κ1) is 19.2. The molecule has 0 aliphatic rings. The van der Waals surface area contributed by atoms with Gasteiger partial charge in [-0.2, -0.15) is 0 Å². The van der Waals surface area contributed by atoms with Gasteiger partial charge < -0.3 is 5.32 Å². The summed E-state index contributed by atoms with van der Waals surface area (Å²) in [5, 5.41) is 6.90. The number of nitrogens with zero attached hydrogens (tertiary/aromatic N) is 1. The first-order valence-electron chi connectivity index (χ1n) is 8.39. The number of rotatable bonds is 6. The van der Waals surface area contributed by atoms with Crippen molar-refractivity contribution < 1.29 is 4.79 Å². The van der Waals surface area contributed by atoms with Crippen molar-refractivity contribution in [2.45, 2.75) is 19.4 Å². The standard InChI is InChI=1S/C19H17Cl2N3O3/c20-15-7-3-4-12(17(15)21)8-10-22-16(25)9-11-24-19(27)14-6-2-1-5-13(14)18(26)23-24/h1-7H,8-11H2,(H,22,25)(H,23,26). The van der Waals surface area contributed by atoms with Crippen LogP contribution in [0, 0.1) is 0 Å². The van der Waals surface area contributed by atoms with Crippen LogP contribution >= 0.6 is 23.2 Å². The third-order valence-electron chi connectivity index (χ3n) is 4.19. The topological polar surface area (TPSA) is 84.0 Å². The van der Waals surface area contributed by atoms with Crippen molar-refractivity contribution in [3.8, 4) is 0 Å². The minimum absolute atomic E-state index is 0.0669. The summed E-state index contributed by atoms with van der Waals surface area (Å²) in [7, 11) is 0. The summed E-state index contributed by atoms with van der Waals surface area (Å²) in [6, 6.07) is 11.9. The van der Waals surface area contributed by atoms with E-state index in [1.165, 1.54) is 0 Å². The second-order valence-electron chi connectivity index (χ2n) is 6.01. The van der Waals surface area contributed by atoms with Crippen molar-refractivity contribution in [3.63, 3.8) is 0 Å². The number of halogens is 2. The highest BCUT2D eigenvalue weighted by Gasteiger charge is 2.09. The zero-order valence-corrected chi connectivity index (χ0v) is 15.8. The van der Waals surface area contributed by atoms with Crippen LogP contribution in [0.5, 0.6) is 0 Å². The van der Waals surface area contributed by atoms with E-state index in [0.29, 0.717) is 33.8 Å². The third-order valence-corrected chi connectivity index (χ3v) is 5.05. The Bertz CT molecular complexity index is 1110. The highest BCUT2D eigenvalue weighted by atomic mass is 35.5. The predicted molar refractivity (Wildman–Crippen MR) is 107 cm³/mol. The first-order chi connectivity index (χ1) is 13.0. The first-order valence-corrected chi connectivity index (χ1v) is 9.14. The van der Waals surface area contributed by atoms with E-state index in [4.69, 9.17) is 23.2 Å². The van der Waals surface area contributed by atoms with Crippen molar-refractivity contribution in [3.05, 3.63) is 78.8 Å². The zero-order chi connectivity index (χ0) is 19.4. The number of aromatic amines is 1. The fourth-order valence-corrected chi connectivity index (χ4v) is 3.20. The van der Waals surface area contributed by atoms with E-state index in [1.54, 1.807) is 36.4 Å². The van der Waals surface area contributed by atoms with E-state index in [0.717, 1.165) is 10.2 Å². The lowest BCUT2D eigenvalue weighted by molar-refractivity contribution is -0.121. The Kier molecular flexibility index (Phi) is 5.98. The quantitative estimate of drug-likeness (QED) is 0.660. The second-order valence-corrected chi connectivity index (χ2v) is 6.79. The third kappa shape index (κ3) is 4.40. The number of carbonyl (C=O) groups excluding carboxylic acids is 1. The molecule has 0 bridgehead atoms. The molecule has 1 aromatic heterocycles. The number of nitrogens with one attached hydrogen (secondary N) is 2. The fraction of sp³-hybridized carbons (Fsp3) is 0.211. The van der Waals surface area contributed by atoms with E-state index in [-0.39, 0.29) is 30.0 Å². The Hall–Kier alpha value is -2.57. The molecule has 140 valence electrons. The van der Waals surface area contributed by atoms with Crippen molar-refractivity contribution >= 4 is 39.9 Å². The number of fused-ring (bicyclic) bond motifs is 1. The summed E-state index contributed by atoms with van der Waals surface area (Å²) in [4.78, 5) is 36.5. The van der Waals surface area contributed by atoms with Crippen molar-refractivity contribution in [1.82, 2.24) is 15.1 Å². The normalized spacial score (nSPS) is 10.9. The van der Waals surface area contributed by atoms with Crippen LogP contribution in [0.4, 0.5) is 0 Å². The molecule has 0 unspecified atom stereocenters. The molecule has 3 aromatic rings. The second kappa shape index (κ2) is 8.41. The lowest BCUT2D eigenvalue weighted by Crippen LogP contribution is -2.33.